The molecule has 3 aliphatic heterocycles. The minimum atomic E-state index is -1.07. The van der Waals surface area contributed by atoms with Gasteiger partial charge in [-0.3, -0.25) is 4.79 Å². The average molecular weight is 518 g/mol. The fourth-order valence-corrected chi connectivity index (χ4v) is 7.45. The molecule has 2 saturated heterocycles. The molecule has 5 N–H and O–H groups in total. The number of carboxylic acids is 1. The van der Waals surface area contributed by atoms with Gasteiger partial charge < -0.3 is 26.2 Å². The molecule has 9 heteroatoms. The second kappa shape index (κ2) is 10.1. The fraction of sp³-hybridized carbons (Fsp3) is 0.462. The Morgan fingerprint density at radius 2 is 1.89 bits per heavy atom. The number of β-lactam (4-membered cyclic amide) rings is 1. The molecular formula is C26H32ClN3O4S. The van der Waals surface area contributed by atoms with Crippen LogP contribution < -0.4 is 11.1 Å². The van der Waals surface area contributed by atoms with Gasteiger partial charge in [0.2, 0.25) is 5.91 Å². The Bertz CT molecular complexity index is 1190. The zero-order chi connectivity index (χ0) is 24.1. The minimum absolute atomic E-state index is 0. The zero-order valence-electron chi connectivity index (χ0n) is 19.8. The summed E-state index contributed by atoms with van der Waals surface area (Å²) in [6.07, 6.45) is 1.02. The molecule has 0 bridgehead atoms. The van der Waals surface area contributed by atoms with E-state index in [-0.39, 0.29) is 41.2 Å². The number of nitrogens with one attached hydrogen (secondary N) is 1. The van der Waals surface area contributed by atoms with Gasteiger partial charge in [0.15, 0.2) is 0 Å². The highest BCUT2D eigenvalue weighted by Gasteiger charge is 2.60. The molecule has 2 aromatic carbocycles. The van der Waals surface area contributed by atoms with Crippen molar-refractivity contribution in [2.45, 2.75) is 56.7 Å². The second-order valence-electron chi connectivity index (χ2n) is 9.69. The maximum atomic E-state index is 12.6. The third-order valence-electron chi connectivity index (χ3n) is 7.58. The first-order valence-corrected chi connectivity index (χ1v) is 12.8. The standard InChI is InChI=1S/C26H31N3O4S.ClH/c1-13-22-21(14(2)30)25(31)29(22)23(26(32)33)24(13)34-18-10-17(28-12-18)9-15-7-8-16(11-27)20-6-4-3-5-19(15)20;/h3-8,13-14,17-18,21-22,28,30H,9-12,27H2,1-2H3,(H,32,33);1H/t13-,14-,17-,18+,21-,22-;/m1./s1. The van der Waals surface area contributed by atoms with E-state index in [0.717, 1.165) is 29.9 Å². The summed E-state index contributed by atoms with van der Waals surface area (Å²) in [5.74, 6) is -1.97. The van der Waals surface area contributed by atoms with Gasteiger partial charge in [-0.2, -0.15) is 0 Å². The van der Waals surface area contributed by atoms with Crippen LogP contribution in [0.5, 0.6) is 0 Å². The molecule has 2 fully saturated rings. The summed E-state index contributed by atoms with van der Waals surface area (Å²) in [4.78, 5) is 26.8. The Hall–Kier alpha value is -2.10. The van der Waals surface area contributed by atoms with Gasteiger partial charge in [0.1, 0.15) is 5.70 Å². The molecule has 0 unspecified atom stereocenters. The number of hydrogen-bond donors (Lipinski definition) is 4. The van der Waals surface area contributed by atoms with Crippen LogP contribution in [0.25, 0.3) is 10.8 Å². The lowest BCUT2D eigenvalue weighted by atomic mass is 9.79. The number of carboxylic acid groups (broad SMARTS) is 1. The first-order valence-electron chi connectivity index (χ1n) is 11.9. The van der Waals surface area contributed by atoms with E-state index in [1.807, 2.05) is 13.0 Å². The van der Waals surface area contributed by atoms with Gasteiger partial charge >= 0.3 is 5.97 Å². The molecule has 0 aromatic heterocycles. The number of benzene rings is 2. The Balaban J connectivity index is 0.00000289. The molecule has 5 rings (SSSR count). The van der Waals surface area contributed by atoms with Gasteiger partial charge in [0, 0.05) is 35.2 Å². The van der Waals surface area contributed by atoms with Gasteiger partial charge in [-0.1, -0.05) is 43.3 Å². The quantitative estimate of drug-likeness (QED) is 0.417. The molecule has 0 radical (unpaired) electrons. The van der Waals surface area contributed by atoms with Gasteiger partial charge in [-0.25, -0.2) is 4.79 Å². The van der Waals surface area contributed by atoms with E-state index in [0.29, 0.717) is 12.6 Å². The number of aliphatic hydroxyl groups excluding tert-OH is 1. The van der Waals surface area contributed by atoms with E-state index in [4.69, 9.17) is 5.73 Å². The number of aliphatic carboxylic acids is 1. The van der Waals surface area contributed by atoms with E-state index in [1.54, 1.807) is 18.7 Å². The number of amides is 1. The van der Waals surface area contributed by atoms with Gasteiger partial charge in [0.05, 0.1) is 18.1 Å². The SMILES string of the molecule is C[C@@H](O)[C@H]1C(=O)N2C(C(=O)O)=C(S[C@@H]3CN[C@H](Cc4ccc(CN)c5ccccc45)C3)[C@H](C)[C@H]12.Cl. The largest absolute Gasteiger partial charge is 0.477 e. The zero-order valence-corrected chi connectivity index (χ0v) is 21.4. The maximum absolute atomic E-state index is 12.6. The average Bonchev–Trinajstić information content (AvgIpc) is 3.34. The number of thioether (sulfide) groups is 1. The number of nitrogens with two attached hydrogens (primary N) is 1. The summed E-state index contributed by atoms with van der Waals surface area (Å²) in [5.41, 5.74) is 8.46. The molecule has 188 valence electrons. The highest BCUT2D eigenvalue weighted by atomic mass is 35.5. The van der Waals surface area contributed by atoms with Crippen LogP contribution in [-0.4, -0.2) is 57.0 Å². The normalized spacial score (nSPS) is 28.6. The number of hydrogen-bond acceptors (Lipinski definition) is 6. The number of rotatable bonds is 7. The second-order valence-corrected chi connectivity index (χ2v) is 11.0. The number of nitrogens with zero attached hydrogens (tertiary/aromatic N) is 1. The van der Waals surface area contributed by atoms with E-state index >= 15 is 0 Å². The lowest BCUT2D eigenvalue weighted by Crippen LogP contribution is -2.63. The molecule has 0 aliphatic carbocycles. The van der Waals surface area contributed by atoms with Crippen LogP contribution >= 0.6 is 24.2 Å². The number of aliphatic hydroxyl groups is 1. The molecule has 1 amide bonds. The van der Waals surface area contributed by atoms with E-state index in [1.165, 1.54) is 21.2 Å². The summed E-state index contributed by atoms with van der Waals surface area (Å²) < 4.78 is 0. The number of fused-ring (bicyclic) bond motifs is 2. The molecule has 6 atom stereocenters. The Morgan fingerprint density at radius 3 is 2.51 bits per heavy atom. The van der Waals surface area contributed by atoms with Crippen molar-refractivity contribution in [3.8, 4) is 0 Å². The Morgan fingerprint density at radius 1 is 1.23 bits per heavy atom. The third kappa shape index (κ3) is 4.36. The van der Waals surface area contributed by atoms with Gasteiger partial charge in [0.25, 0.3) is 0 Å². The molecule has 3 heterocycles. The van der Waals surface area contributed by atoms with Crippen LogP contribution in [0.3, 0.4) is 0 Å². The van der Waals surface area contributed by atoms with Crippen LogP contribution in [0.1, 0.15) is 31.4 Å². The Labute approximate surface area is 215 Å². The molecule has 35 heavy (non-hydrogen) atoms. The molecule has 2 aromatic rings. The molecule has 7 nitrogen and oxygen atoms in total. The highest BCUT2D eigenvalue weighted by molar-refractivity contribution is 8.03. The van der Waals surface area contributed by atoms with Crippen LogP contribution in [0.15, 0.2) is 47.0 Å². The molecule has 3 aliphatic rings. The predicted octanol–water partition coefficient (Wildman–Crippen LogP) is 2.88. The summed E-state index contributed by atoms with van der Waals surface area (Å²) in [6.45, 7) is 4.88. The van der Waals surface area contributed by atoms with Crippen LogP contribution in [0, 0.1) is 11.8 Å². The molecule has 0 spiro atoms. The minimum Gasteiger partial charge on any atom is -0.477 e. The van der Waals surface area contributed by atoms with Crippen molar-refractivity contribution < 1.29 is 19.8 Å². The number of halogens is 1. The highest BCUT2D eigenvalue weighted by Crippen LogP contribution is 2.51. The first kappa shape index (κ1) is 26.0. The lowest BCUT2D eigenvalue weighted by Gasteiger charge is -2.46. The monoisotopic (exact) mass is 517 g/mol. The molecular weight excluding hydrogens is 486 g/mol. The Kier molecular flexibility index (Phi) is 7.50. The maximum Gasteiger partial charge on any atom is 0.353 e. The third-order valence-corrected chi connectivity index (χ3v) is 9.09. The number of carbonyl (C=O) groups excluding carboxylic acids is 1. The fourth-order valence-electron chi connectivity index (χ4n) is 5.93. The van der Waals surface area contributed by atoms with Crippen molar-refractivity contribution in [2.24, 2.45) is 17.6 Å². The topological polar surface area (TPSA) is 116 Å². The van der Waals surface area contributed by atoms with Gasteiger partial charge in [-0.05, 0) is 41.7 Å². The predicted molar refractivity (Wildman–Crippen MR) is 140 cm³/mol. The lowest BCUT2D eigenvalue weighted by molar-refractivity contribution is -0.163. The van der Waals surface area contributed by atoms with Crippen LogP contribution in [0.2, 0.25) is 0 Å². The first-order chi connectivity index (χ1) is 16.3. The van der Waals surface area contributed by atoms with E-state index in [2.05, 4.69) is 35.6 Å². The smallest absolute Gasteiger partial charge is 0.353 e. The van der Waals surface area contributed by atoms with E-state index in [9.17, 15) is 19.8 Å². The van der Waals surface area contributed by atoms with Crippen molar-refractivity contribution in [1.29, 1.82) is 0 Å². The van der Waals surface area contributed by atoms with Crippen LogP contribution in [-0.2, 0) is 22.6 Å². The molecule has 0 saturated carbocycles. The van der Waals surface area contributed by atoms with Crippen molar-refractivity contribution in [2.75, 3.05) is 6.54 Å². The van der Waals surface area contributed by atoms with Crippen molar-refractivity contribution >= 4 is 46.8 Å². The summed E-state index contributed by atoms with van der Waals surface area (Å²) >= 11 is 1.59. The summed E-state index contributed by atoms with van der Waals surface area (Å²) in [5, 5.41) is 26.2. The van der Waals surface area contributed by atoms with Crippen LogP contribution in [0.4, 0.5) is 0 Å². The van der Waals surface area contributed by atoms with E-state index < -0.39 is 18.0 Å². The number of carbonyl (C=O) groups is 2. The van der Waals surface area contributed by atoms with Crippen molar-refractivity contribution in [3.05, 3.63) is 58.1 Å². The van der Waals surface area contributed by atoms with Crippen molar-refractivity contribution in [1.82, 2.24) is 10.2 Å². The summed E-state index contributed by atoms with van der Waals surface area (Å²) in [6, 6.07) is 12.7. The van der Waals surface area contributed by atoms with Gasteiger partial charge in [-0.15, -0.1) is 24.2 Å². The van der Waals surface area contributed by atoms with Crippen molar-refractivity contribution in [3.63, 3.8) is 0 Å². The summed E-state index contributed by atoms with van der Waals surface area (Å²) in [7, 11) is 0.